The van der Waals surface area contributed by atoms with Crippen LogP contribution in [0.5, 0.6) is 5.75 Å². The second kappa shape index (κ2) is 8.54. The molecule has 1 aliphatic rings. The van der Waals surface area contributed by atoms with Crippen LogP contribution in [0.2, 0.25) is 0 Å². The Hall–Kier alpha value is -2.38. The fourth-order valence-corrected chi connectivity index (χ4v) is 3.50. The van der Waals surface area contributed by atoms with Gasteiger partial charge in [-0.05, 0) is 62.1 Å². The van der Waals surface area contributed by atoms with Crippen molar-refractivity contribution in [3.8, 4) is 5.75 Å². The summed E-state index contributed by atoms with van der Waals surface area (Å²) in [7, 11) is -3.57. The standard InChI is InChI=1S/C20H24N2O4S/c1-15-2-10-19(11-3-15)27(24,25)22-13-12-21-20(23)17-6-8-18(9-7-17)26-14-16-4-5-16/h2-3,6-11,16,22H,4-5,12-14H2,1H3,(H,21,23). The highest BCUT2D eigenvalue weighted by Crippen LogP contribution is 2.29. The van der Waals surface area contributed by atoms with Crippen LogP contribution in [0.15, 0.2) is 53.4 Å². The van der Waals surface area contributed by atoms with E-state index in [1.807, 2.05) is 6.92 Å². The fraction of sp³-hybridized carbons (Fsp3) is 0.350. The first-order valence-corrected chi connectivity index (χ1v) is 10.5. The third kappa shape index (κ3) is 5.80. The van der Waals surface area contributed by atoms with Crippen LogP contribution in [0.1, 0.15) is 28.8 Å². The third-order valence-electron chi connectivity index (χ3n) is 4.33. The third-order valence-corrected chi connectivity index (χ3v) is 5.81. The number of carbonyl (C=O) groups is 1. The van der Waals surface area contributed by atoms with Crippen LogP contribution in [0.3, 0.4) is 0 Å². The smallest absolute Gasteiger partial charge is 0.251 e. The Bertz CT molecular complexity index is 873. The van der Waals surface area contributed by atoms with Crippen LogP contribution in [-0.4, -0.2) is 34.0 Å². The minimum atomic E-state index is -3.57. The second-order valence-electron chi connectivity index (χ2n) is 6.75. The van der Waals surface area contributed by atoms with Gasteiger partial charge in [-0.25, -0.2) is 13.1 Å². The quantitative estimate of drug-likeness (QED) is 0.647. The van der Waals surface area contributed by atoms with Gasteiger partial charge >= 0.3 is 0 Å². The lowest BCUT2D eigenvalue weighted by Crippen LogP contribution is -2.34. The van der Waals surface area contributed by atoms with Gasteiger partial charge < -0.3 is 10.1 Å². The van der Waals surface area contributed by atoms with E-state index in [9.17, 15) is 13.2 Å². The molecule has 144 valence electrons. The average molecular weight is 388 g/mol. The molecule has 1 fully saturated rings. The van der Waals surface area contributed by atoms with Crippen molar-refractivity contribution in [1.82, 2.24) is 10.0 Å². The van der Waals surface area contributed by atoms with E-state index in [-0.39, 0.29) is 23.9 Å². The largest absolute Gasteiger partial charge is 0.493 e. The molecule has 1 amide bonds. The highest BCUT2D eigenvalue weighted by molar-refractivity contribution is 7.89. The summed E-state index contributed by atoms with van der Waals surface area (Å²) < 4.78 is 32.5. The normalized spacial score (nSPS) is 14.0. The number of aryl methyl sites for hydroxylation is 1. The van der Waals surface area contributed by atoms with Gasteiger partial charge in [-0.15, -0.1) is 0 Å². The molecule has 1 aliphatic carbocycles. The summed E-state index contributed by atoms with van der Waals surface area (Å²) in [6.07, 6.45) is 2.46. The van der Waals surface area contributed by atoms with Crippen molar-refractivity contribution >= 4 is 15.9 Å². The van der Waals surface area contributed by atoms with Crippen LogP contribution in [0, 0.1) is 12.8 Å². The van der Waals surface area contributed by atoms with E-state index in [1.54, 1.807) is 48.5 Å². The predicted octanol–water partition coefficient (Wildman–Crippen LogP) is 2.49. The minimum Gasteiger partial charge on any atom is -0.493 e. The molecule has 0 radical (unpaired) electrons. The zero-order chi connectivity index (χ0) is 19.3. The van der Waals surface area contributed by atoms with Crippen molar-refractivity contribution in [2.24, 2.45) is 5.92 Å². The highest BCUT2D eigenvalue weighted by atomic mass is 32.2. The van der Waals surface area contributed by atoms with Crippen molar-refractivity contribution in [3.05, 3.63) is 59.7 Å². The highest BCUT2D eigenvalue weighted by Gasteiger charge is 2.21. The van der Waals surface area contributed by atoms with Gasteiger partial charge in [-0.2, -0.15) is 0 Å². The number of hydrogen-bond donors (Lipinski definition) is 2. The maximum absolute atomic E-state index is 12.2. The Morgan fingerprint density at radius 3 is 2.33 bits per heavy atom. The summed E-state index contributed by atoms with van der Waals surface area (Å²) in [4.78, 5) is 12.3. The van der Waals surface area contributed by atoms with Gasteiger partial charge in [0.1, 0.15) is 5.75 Å². The monoisotopic (exact) mass is 388 g/mol. The Balaban J connectivity index is 1.42. The molecule has 0 heterocycles. The number of nitrogens with one attached hydrogen (secondary N) is 2. The van der Waals surface area contributed by atoms with E-state index in [0.29, 0.717) is 11.5 Å². The lowest BCUT2D eigenvalue weighted by molar-refractivity contribution is 0.0954. The summed E-state index contributed by atoms with van der Waals surface area (Å²) in [5.41, 5.74) is 1.50. The van der Waals surface area contributed by atoms with Crippen molar-refractivity contribution in [2.75, 3.05) is 19.7 Å². The molecule has 6 nitrogen and oxygen atoms in total. The van der Waals surface area contributed by atoms with Crippen LogP contribution >= 0.6 is 0 Å². The number of hydrogen-bond acceptors (Lipinski definition) is 4. The molecule has 2 aromatic carbocycles. The Kier molecular flexibility index (Phi) is 6.13. The molecule has 0 atom stereocenters. The first-order chi connectivity index (χ1) is 12.9. The van der Waals surface area contributed by atoms with E-state index in [1.165, 1.54) is 12.8 Å². The fourth-order valence-electron chi connectivity index (χ4n) is 2.47. The predicted molar refractivity (Wildman–Crippen MR) is 103 cm³/mol. The van der Waals surface area contributed by atoms with E-state index < -0.39 is 10.0 Å². The Morgan fingerprint density at radius 1 is 1.04 bits per heavy atom. The molecule has 7 heteroatoms. The van der Waals surface area contributed by atoms with Crippen molar-refractivity contribution in [1.29, 1.82) is 0 Å². The second-order valence-corrected chi connectivity index (χ2v) is 8.51. The van der Waals surface area contributed by atoms with Crippen LogP contribution in [0.25, 0.3) is 0 Å². The molecule has 3 rings (SSSR count). The molecule has 0 saturated heterocycles. The van der Waals surface area contributed by atoms with E-state index in [4.69, 9.17) is 4.74 Å². The lowest BCUT2D eigenvalue weighted by atomic mass is 10.2. The summed E-state index contributed by atoms with van der Waals surface area (Å²) in [6.45, 7) is 2.94. The molecule has 0 aromatic heterocycles. The molecule has 2 aromatic rings. The van der Waals surface area contributed by atoms with E-state index in [0.717, 1.165) is 17.9 Å². The summed E-state index contributed by atoms with van der Waals surface area (Å²) in [5.74, 6) is 1.18. The van der Waals surface area contributed by atoms with Crippen molar-refractivity contribution in [2.45, 2.75) is 24.7 Å². The van der Waals surface area contributed by atoms with Gasteiger partial charge in [0.2, 0.25) is 10.0 Å². The zero-order valence-electron chi connectivity index (χ0n) is 15.3. The molecule has 2 N–H and O–H groups in total. The lowest BCUT2D eigenvalue weighted by Gasteiger charge is -2.09. The molecular weight excluding hydrogens is 364 g/mol. The van der Waals surface area contributed by atoms with Gasteiger partial charge in [0.05, 0.1) is 11.5 Å². The number of benzene rings is 2. The first kappa shape index (κ1) is 19.4. The van der Waals surface area contributed by atoms with E-state index >= 15 is 0 Å². The number of ether oxygens (including phenoxy) is 1. The van der Waals surface area contributed by atoms with Crippen LogP contribution in [0.4, 0.5) is 0 Å². The van der Waals surface area contributed by atoms with Crippen LogP contribution < -0.4 is 14.8 Å². The van der Waals surface area contributed by atoms with Gasteiger partial charge in [-0.1, -0.05) is 17.7 Å². The van der Waals surface area contributed by atoms with Gasteiger partial charge in [0, 0.05) is 18.7 Å². The SMILES string of the molecule is Cc1ccc(S(=O)(=O)NCCNC(=O)c2ccc(OCC3CC3)cc2)cc1. The molecule has 0 aliphatic heterocycles. The summed E-state index contributed by atoms with van der Waals surface area (Å²) in [5, 5.41) is 2.71. The number of sulfonamides is 1. The minimum absolute atomic E-state index is 0.116. The number of amides is 1. The van der Waals surface area contributed by atoms with Gasteiger partial charge in [0.15, 0.2) is 0 Å². The number of rotatable bonds is 9. The Labute approximate surface area is 160 Å². The van der Waals surface area contributed by atoms with Crippen molar-refractivity contribution in [3.63, 3.8) is 0 Å². The van der Waals surface area contributed by atoms with Crippen molar-refractivity contribution < 1.29 is 17.9 Å². The maximum Gasteiger partial charge on any atom is 0.251 e. The Morgan fingerprint density at radius 2 is 1.70 bits per heavy atom. The number of carbonyl (C=O) groups excluding carboxylic acids is 1. The summed E-state index contributed by atoms with van der Waals surface area (Å²) in [6, 6.07) is 13.6. The summed E-state index contributed by atoms with van der Waals surface area (Å²) >= 11 is 0. The van der Waals surface area contributed by atoms with Gasteiger partial charge in [-0.3, -0.25) is 4.79 Å². The topological polar surface area (TPSA) is 84.5 Å². The molecule has 0 bridgehead atoms. The van der Waals surface area contributed by atoms with Crippen LogP contribution in [-0.2, 0) is 10.0 Å². The molecule has 0 unspecified atom stereocenters. The first-order valence-electron chi connectivity index (χ1n) is 9.01. The zero-order valence-corrected chi connectivity index (χ0v) is 16.1. The molecular formula is C20H24N2O4S. The molecule has 0 spiro atoms. The molecule has 1 saturated carbocycles. The molecule has 27 heavy (non-hydrogen) atoms. The average Bonchev–Trinajstić information content (AvgIpc) is 3.49. The van der Waals surface area contributed by atoms with E-state index in [2.05, 4.69) is 10.0 Å². The van der Waals surface area contributed by atoms with Gasteiger partial charge in [0.25, 0.3) is 5.91 Å². The maximum atomic E-state index is 12.2.